The maximum absolute atomic E-state index is 11.1. The molecule has 1 unspecified atom stereocenters. The first-order chi connectivity index (χ1) is 11.1. The van der Waals surface area contributed by atoms with Crippen LogP contribution in [0.5, 0.6) is 11.5 Å². The van der Waals surface area contributed by atoms with Gasteiger partial charge in [0.1, 0.15) is 0 Å². The maximum Gasteiger partial charge on any atom is 0.344 e. The molecule has 1 N–H and O–H groups in total. The highest BCUT2D eigenvalue weighted by atomic mass is 16.5. The number of hydrogen-bond donors (Lipinski definition) is 1. The van der Waals surface area contributed by atoms with Gasteiger partial charge in [0, 0.05) is 17.6 Å². The fourth-order valence-corrected chi connectivity index (χ4v) is 3.52. The van der Waals surface area contributed by atoms with Gasteiger partial charge >= 0.3 is 5.97 Å². The summed E-state index contributed by atoms with van der Waals surface area (Å²) in [5, 5.41) is 9.14. The highest BCUT2D eigenvalue weighted by Gasteiger charge is 2.48. The van der Waals surface area contributed by atoms with E-state index in [0.717, 1.165) is 18.7 Å². The van der Waals surface area contributed by atoms with Crippen LogP contribution in [0.4, 0.5) is 0 Å². The second-order valence-electron chi connectivity index (χ2n) is 6.65. The molecule has 0 bridgehead atoms. The SMILES string of the molecule is COc1cccc(CN2CCCCC23CC3)c1OC(C)C(=O)O. The van der Waals surface area contributed by atoms with Gasteiger partial charge in [-0.25, -0.2) is 4.79 Å². The molecule has 1 aromatic rings. The third-order valence-corrected chi connectivity index (χ3v) is 5.10. The van der Waals surface area contributed by atoms with E-state index in [1.165, 1.54) is 32.1 Å². The Balaban J connectivity index is 1.84. The van der Waals surface area contributed by atoms with Crippen LogP contribution in [0.15, 0.2) is 18.2 Å². The van der Waals surface area contributed by atoms with Crippen molar-refractivity contribution in [3.05, 3.63) is 23.8 Å². The predicted octanol–water partition coefficient (Wildman–Crippen LogP) is 3.07. The van der Waals surface area contributed by atoms with Gasteiger partial charge in [-0.3, -0.25) is 4.90 Å². The summed E-state index contributed by atoms with van der Waals surface area (Å²) in [6, 6.07) is 5.77. The van der Waals surface area contributed by atoms with E-state index in [-0.39, 0.29) is 0 Å². The van der Waals surface area contributed by atoms with Crippen LogP contribution in [0, 0.1) is 0 Å². The van der Waals surface area contributed by atoms with Crippen molar-refractivity contribution < 1.29 is 19.4 Å². The summed E-state index contributed by atoms with van der Waals surface area (Å²) < 4.78 is 11.1. The molecule has 1 aliphatic carbocycles. The number of hydrogen-bond acceptors (Lipinski definition) is 4. The zero-order valence-corrected chi connectivity index (χ0v) is 13.9. The lowest BCUT2D eigenvalue weighted by molar-refractivity contribution is -0.144. The number of ether oxygens (including phenoxy) is 2. The lowest BCUT2D eigenvalue weighted by Gasteiger charge is -2.36. The van der Waals surface area contributed by atoms with E-state index in [1.807, 2.05) is 18.2 Å². The summed E-state index contributed by atoms with van der Waals surface area (Å²) in [5.41, 5.74) is 1.39. The Morgan fingerprint density at radius 2 is 2.13 bits per heavy atom. The van der Waals surface area contributed by atoms with Crippen molar-refractivity contribution in [3.8, 4) is 11.5 Å². The average Bonchev–Trinajstić information content (AvgIpc) is 3.31. The molecule has 1 saturated carbocycles. The van der Waals surface area contributed by atoms with E-state index in [4.69, 9.17) is 14.6 Å². The van der Waals surface area contributed by atoms with Crippen LogP contribution in [-0.4, -0.2) is 41.3 Å². The van der Waals surface area contributed by atoms with Gasteiger partial charge in [-0.15, -0.1) is 0 Å². The average molecular weight is 319 g/mol. The molecule has 1 aromatic carbocycles. The highest BCUT2D eigenvalue weighted by Crippen LogP contribution is 2.49. The Bertz CT molecular complexity index is 582. The monoisotopic (exact) mass is 319 g/mol. The van der Waals surface area contributed by atoms with Gasteiger partial charge in [-0.2, -0.15) is 0 Å². The Morgan fingerprint density at radius 3 is 2.78 bits per heavy atom. The molecule has 5 nitrogen and oxygen atoms in total. The number of rotatable bonds is 6. The Morgan fingerprint density at radius 1 is 1.35 bits per heavy atom. The smallest absolute Gasteiger partial charge is 0.344 e. The number of carboxylic acids is 1. The fraction of sp³-hybridized carbons (Fsp3) is 0.611. The van der Waals surface area contributed by atoms with Crippen molar-refractivity contribution in [1.29, 1.82) is 0 Å². The molecule has 3 rings (SSSR count). The minimum atomic E-state index is -0.974. The number of carboxylic acid groups (broad SMARTS) is 1. The molecular formula is C18H25NO4. The third-order valence-electron chi connectivity index (χ3n) is 5.10. The van der Waals surface area contributed by atoms with Gasteiger partial charge in [0.2, 0.25) is 0 Å². The molecule has 1 aliphatic heterocycles. The lowest BCUT2D eigenvalue weighted by atomic mass is 9.99. The van der Waals surface area contributed by atoms with E-state index in [9.17, 15) is 4.79 Å². The standard InChI is InChI=1S/C18H25NO4/c1-13(17(20)21)23-16-14(6-5-7-15(16)22-2)12-19-11-4-3-8-18(19)9-10-18/h5-7,13H,3-4,8-12H2,1-2H3,(H,20,21). The topological polar surface area (TPSA) is 59.0 Å². The first kappa shape index (κ1) is 16.1. The molecule has 23 heavy (non-hydrogen) atoms. The molecule has 5 heteroatoms. The summed E-state index contributed by atoms with van der Waals surface area (Å²) in [5.74, 6) is 0.183. The molecule has 0 amide bonds. The quantitative estimate of drug-likeness (QED) is 0.873. The van der Waals surface area contributed by atoms with Crippen molar-refractivity contribution in [3.63, 3.8) is 0 Å². The Hall–Kier alpha value is -1.75. The molecule has 0 radical (unpaired) electrons. The van der Waals surface area contributed by atoms with Gasteiger partial charge in [-0.1, -0.05) is 18.6 Å². The predicted molar refractivity (Wildman–Crippen MR) is 86.9 cm³/mol. The number of benzene rings is 1. The second kappa shape index (κ2) is 6.40. The first-order valence-corrected chi connectivity index (χ1v) is 8.36. The van der Waals surface area contributed by atoms with Crippen molar-refractivity contribution in [2.45, 2.75) is 57.2 Å². The number of nitrogens with zero attached hydrogens (tertiary/aromatic N) is 1. The summed E-state index contributed by atoms with van der Waals surface area (Å²) in [7, 11) is 1.58. The summed E-state index contributed by atoms with van der Waals surface area (Å²) >= 11 is 0. The van der Waals surface area contributed by atoms with Gasteiger partial charge in [-0.05, 0) is 45.2 Å². The number of methoxy groups -OCH3 is 1. The van der Waals surface area contributed by atoms with E-state index in [1.54, 1.807) is 14.0 Å². The van der Waals surface area contributed by atoms with Crippen molar-refractivity contribution in [2.24, 2.45) is 0 Å². The zero-order chi connectivity index (χ0) is 16.4. The van der Waals surface area contributed by atoms with Crippen LogP contribution < -0.4 is 9.47 Å². The van der Waals surface area contributed by atoms with Crippen LogP contribution in [0.3, 0.4) is 0 Å². The fourth-order valence-electron chi connectivity index (χ4n) is 3.52. The Labute approximate surface area is 137 Å². The number of aliphatic carboxylic acids is 1. The number of para-hydroxylation sites is 1. The van der Waals surface area contributed by atoms with Gasteiger partial charge in [0.15, 0.2) is 17.6 Å². The minimum absolute atomic E-state index is 0.386. The molecule has 2 aliphatic rings. The van der Waals surface area contributed by atoms with Crippen LogP contribution in [0.1, 0.15) is 44.6 Å². The van der Waals surface area contributed by atoms with E-state index < -0.39 is 12.1 Å². The van der Waals surface area contributed by atoms with Crippen LogP contribution in [-0.2, 0) is 11.3 Å². The number of carbonyl (C=O) groups is 1. The minimum Gasteiger partial charge on any atom is -0.493 e. The van der Waals surface area contributed by atoms with Crippen LogP contribution >= 0.6 is 0 Å². The molecule has 126 valence electrons. The van der Waals surface area contributed by atoms with E-state index in [0.29, 0.717) is 17.0 Å². The first-order valence-electron chi connectivity index (χ1n) is 8.36. The van der Waals surface area contributed by atoms with Crippen molar-refractivity contribution >= 4 is 5.97 Å². The van der Waals surface area contributed by atoms with Crippen LogP contribution in [0.2, 0.25) is 0 Å². The Kier molecular flexibility index (Phi) is 4.48. The molecule has 0 aromatic heterocycles. The normalized spacial score (nSPS) is 21.0. The summed E-state index contributed by atoms with van der Waals surface area (Å²) in [6.07, 6.45) is 5.47. The van der Waals surface area contributed by atoms with Gasteiger partial charge in [0.25, 0.3) is 0 Å². The van der Waals surface area contributed by atoms with Crippen molar-refractivity contribution in [2.75, 3.05) is 13.7 Å². The largest absolute Gasteiger partial charge is 0.493 e. The zero-order valence-electron chi connectivity index (χ0n) is 13.9. The summed E-state index contributed by atoms with van der Waals surface area (Å²) in [4.78, 5) is 13.7. The van der Waals surface area contributed by atoms with E-state index in [2.05, 4.69) is 4.90 Å². The third kappa shape index (κ3) is 3.29. The molecule has 1 heterocycles. The molecule has 2 fully saturated rings. The molecular weight excluding hydrogens is 294 g/mol. The number of likely N-dealkylation sites (tertiary alicyclic amines) is 1. The summed E-state index contributed by atoms with van der Waals surface area (Å²) in [6.45, 7) is 3.44. The molecule has 1 atom stereocenters. The van der Waals surface area contributed by atoms with Crippen LogP contribution in [0.25, 0.3) is 0 Å². The van der Waals surface area contributed by atoms with Crippen molar-refractivity contribution in [1.82, 2.24) is 4.90 Å². The molecule has 1 spiro atoms. The highest BCUT2D eigenvalue weighted by molar-refractivity contribution is 5.72. The number of piperidine rings is 1. The maximum atomic E-state index is 11.1. The van der Waals surface area contributed by atoms with E-state index >= 15 is 0 Å². The molecule has 1 saturated heterocycles. The van der Waals surface area contributed by atoms with Gasteiger partial charge in [0.05, 0.1) is 7.11 Å². The van der Waals surface area contributed by atoms with Gasteiger partial charge < -0.3 is 14.6 Å². The second-order valence-corrected chi connectivity index (χ2v) is 6.65. The lowest BCUT2D eigenvalue weighted by Crippen LogP contribution is -2.41.